The lowest BCUT2D eigenvalue weighted by atomic mass is 10.3. The van der Waals surface area contributed by atoms with E-state index in [2.05, 4.69) is 27.5 Å². The van der Waals surface area contributed by atoms with Gasteiger partial charge in [0.05, 0.1) is 5.69 Å². The molecule has 22 heavy (non-hydrogen) atoms. The van der Waals surface area contributed by atoms with Crippen LogP contribution in [0.25, 0.3) is 0 Å². The van der Waals surface area contributed by atoms with Gasteiger partial charge in [0.2, 0.25) is 0 Å². The normalized spacial score (nSPS) is 10.2. The maximum absolute atomic E-state index is 11.8. The minimum Gasteiger partial charge on any atom is -0.337 e. The van der Waals surface area contributed by atoms with Gasteiger partial charge in [-0.3, -0.25) is 9.97 Å². The second kappa shape index (κ2) is 9.04. The van der Waals surface area contributed by atoms with Crippen LogP contribution < -0.4 is 10.6 Å². The summed E-state index contributed by atoms with van der Waals surface area (Å²) in [6, 6.07) is 7.67. The summed E-state index contributed by atoms with van der Waals surface area (Å²) in [6.45, 7) is 2.68. The van der Waals surface area contributed by atoms with Crippen molar-refractivity contribution in [3.8, 4) is 0 Å². The van der Waals surface area contributed by atoms with E-state index >= 15 is 0 Å². The van der Waals surface area contributed by atoms with E-state index in [1.807, 2.05) is 36.0 Å². The first-order chi connectivity index (χ1) is 10.8. The zero-order valence-corrected chi connectivity index (χ0v) is 13.4. The van der Waals surface area contributed by atoms with Gasteiger partial charge in [-0.1, -0.05) is 6.92 Å². The van der Waals surface area contributed by atoms with Crippen LogP contribution in [0.4, 0.5) is 10.5 Å². The lowest BCUT2D eigenvalue weighted by Gasteiger charge is -2.08. The lowest BCUT2D eigenvalue weighted by molar-refractivity contribution is 0.252. The van der Waals surface area contributed by atoms with Crippen molar-refractivity contribution in [2.24, 2.45) is 0 Å². The largest absolute Gasteiger partial charge is 0.337 e. The van der Waals surface area contributed by atoms with Gasteiger partial charge >= 0.3 is 6.03 Å². The molecule has 116 valence electrons. The number of anilines is 1. The molecule has 6 heteroatoms. The smallest absolute Gasteiger partial charge is 0.319 e. The van der Waals surface area contributed by atoms with Crippen LogP contribution in [-0.2, 0) is 6.42 Å². The molecule has 0 spiro atoms. The number of rotatable bonds is 7. The molecule has 0 fully saturated rings. The van der Waals surface area contributed by atoms with Crippen LogP contribution in [0, 0.1) is 0 Å². The second-order valence-electron chi connectivity index (χ2n) is 4.70. The summed E-state index contributed by atoms with van der Waals surface area (Å²) in [5.41, 5.74) is 1.65. The van der Waals surface area contributed by atoms with E-state index in [0.29, 0.717) is 13.0 Å². The van der Waals surface area contributed by atoms with Gasteiger partial charge in [-0.25, -0.2) is 4.79 Å². The number of benzene rings is 1. The Bertz CT molecular complexity index is 574. The van der Waals surface area contributed by atoms with Gasteiger partial charge in [0.15, 0.2) is 0 Å². The Kier molecular flexibility index (Phi) is 6.70. The van der Waals surface area contributed by atoms with E-state index in [-0.39, 0.29) is 6.03 Å². The van der Waals surface area contributed by atoms with Gasteiger partial charge in [-0.2, -0.15) is 0 Å². The van der Waals surface area contributed by atoms with Crippen LogP contribution in [0.5, 0.6) is 0 Å². The van der Waals surface area contributed by atoms with Crippen molar-refractivity contribution in [3.63, 3.8) is 0 Å². The monoisotopic (exact) mass is 316 g/mol. The fraction of sp³-hybridized carbons (Fsp3) is 0.312. The Balaban J connectivity index is 1.72. The molecule has 0 aliphatic rings. The Morgan fingerprint density at radius 2 is 2.05 bits per heavy atom. The van der Waals surface area contributed by atoms with Crippen molar-refractivity contribution in [1.82, 2.24) is 15.3 Å². The minimum absolute atomic E-state index is 0.210. The van der Waals surface area contributed by atoms with Crippen molar-refractivity contribution < 1.29 is 4.79 Å². The Morgan fingerprint density at radius 1 is 1.23 bits per heavy atom. The summed E-state index contributed by atoms with van der Waals surface area (Å²) in [5.74, 6) is 1.11. The van der Waals surface area contributed by atoms with E-state index in [1.165, 1.54) is 4.90 Å². The summed E-state index contributed by atoms with van der Waals surface area (Å²) >= 11 is 1.82. The highest BCUT2D eigenvalue weighted by Crippen LogP contribution is 2.20. The molecular formula is C16H20N4OS. The van der Waals surface area contributed by atoms with Crippen molar-refractivity contribution in [1.29, 1.82) is 0 Å². The van der Waals surface area contributed by atoms with Crippen LogP contribution in [0.15, 0.2) is 47.8 Å². The number of nitrogens with one attached hydrogen (secondary N) is 2. The minimum atomic E-state index is -0.210. The highest BCUT2D eigenvalue weighted by molar-refractivity contribution is 7.99. The van der Waals surface area contributed by atoms with Crippen molar-refractivity contribution >= 4 is 23.5 Å². The highest BCUT2D eigenvalue weighted by Gasteiger charge is 2.02. The van der Waals surface area contributed by atoms with Gasteiger partial charge in [-0.15, -0.1) is 11.8 Å². The van der Waals surface area contributed by atoms with E-state index in [0.717, 1.165) is 23.6 Å². The number of hydrogen-bond donors (Lipinski definition) is 2. The number of carbonyl (C=O) groups is 1. The van der Waals surface area contributed by atoms with Gasteiger partial charge < -0.3 is 10.6 Å². The standard InChI is InChI=1S/C16H20N4OS/c1-2-11-22-15-5-3-13(4-6-15)20-16(21)19-8-7-14-12-17-9-10-18-14/h3-6,9-10,12H,2,7-8,11H2,1H3,(H2,19,20,21). The summed E-state index contributed by atoms with van der Waals surface area (Å²) in [6.07, 6.45) is 6.79. The molecule has 0 saturated carbocycles. The summed E-state index contributed by atoms with van der Waals surface area (Å²) in [7, 11) is 0. The SMILES string of the molecule is CCCSc1ccc(NC(=O)NCCc2cnccn2)cc1. The summed E-state index contributed by atoms with van der Waals surface area (Å²) in [5, 5.41) is 5.62. The molecule has 0 atom stereocenters. The maximum atomic E-state index is 11.8. The number of urea groups is 1. The average Bonchev–Trinajstić information content (AvgIpc) is 2.55. The van der Waals surface area contributed by atoms with Gasteiger partial charge in [0.25, 0.3) is 0 Å². The van der Waals surface area contributed by atoms with E-state index < -0.39 is 0 Å². The number of amides is 2. The predicted octanol–water partition coefficient (Wildman–Crippen LogP) is 3.34. The molecule has 2 rings (SSSR count). The molecule has 0 aliphatic carbocycles. The number of aromatic nitrogens is 2. The molecule has 2 N–H and O–H groups in total. The zero-order valence-electron chi connectivity index (χ0n) is 12.6. The average molecular weight is 316 g/mol. The molecule has 0 aliphatic heterocycles. The molecular weight excluding hydrogens is 296 g/mol. The third kappa shape index (κ3) is 5.73. The Hall–Kier alpha value is -2.08. The van der Waals surface area contributed by atoms with Gasteiger partial charge in [-0.05, 0) is 36.4 Å². The molecule has 0 unspecified atom stereocenters. The quantitative estimate of drug-likeness (QED) is 0.769. The van der Waals surface area contributed by atoms with Gasteiger partial charge in [0.1, 0.15) is 0 Å². The van der Waals surface area contributed by atoms with Crippen LogP contribution in [-0.4, -0.2) is 28.3 Å². The molecule has 2 aromatic rings. The molecule has 2 amide bonds. The van der Waals surface area contributed by atoms with E-state index in [1.54, 1.807) is 18.6 Å². The molecule has 0 bridgehead atoms. The fourth-order valence-corrected chi connectivity index (χ4v) is 2.56. The lowest BCUT2D eigenvalue weighted by Crippen LogP contribution is -2.30. The maximum Gasteiger partial charge on any atom is 0.319 e. The molecule has 0 radical (unpaired) electrons. The number of nitrogens with zero attached hydrogens (tertiary/aromatic N) is 2. The van der Waals surface area contributed by atoms with Crippen molar-refractivity contribution in [2.45, 2.75) is 24.7 Å². The van der Waals surface area contributed by atoms with Crippen molar-refractivity contribution in [3.05, 3.63) is 48.5 Å². The van der Waals surface area contributed by atoms with Crippen LogP contribution in [0.2, 0.25) is 0 Å². The summed E-state index contributed by atoms with van der Waals surface area (Å²) in [4.78, 5) is 21.2. The van der Waals surface area contributed by atoms with Crippen LogP contribution in [0.1, 0.15) is 19.0 Å². The van der Waals surface area contributed by atoms with Gasteiger partial charge in [0, 0.05) is 42.1 Å². The molecule has 1 heterocycles. The van der Waals surface area contributed by atoms with Crippen molar-refractivity contribution in [2.75, 3.05) is 17.6 Å². The molecule has 1 aromatic heterocycles. The predicted molar refractivity (Wildman–Crippen MR) is 90.2 cm³/mol. The van der Waals surface area contributed by atoms with Crippen LogP contribution in [0.3, 0.4) is 0 Å². The number of hydrogen-bond acceptors (Lipinski definition) is 4. The first-order valence-electron chi connectivity index (χ1n) is 7.30. The Morgan fingerprint density at radius 3 is 2.73 bits per heavy atom. The summed E-state index contributed by atoms with van der Waals surface area (Å²) < 4.78 is 0. The second-order valence-corrected chi connectivity index (χ2v) is 5.87. The third-order valence-corrected chi connectivity index (χ3v) is 4.09. The molecule has 0 saturated heterocycles. The number of carbonyl (C=O) groups excluding carboxylic acids is 1. The molecule has 5 nitrogen and oxygen atoms in total. The first kappa shape index (κ1) is 16.3. The van der Waals surface area contributed by atoms with Crippen LogP contribution >= 0.6 is 11.8 Å². The fourth-order valence-electron chi connectivity index (χ4n) is 1.79. The molecule has 1 aromatic carbocycles. The topological polar surface area (TPSA) is 66.9 Å². The third-order valence-electron chi connectivity index (χ3n) is 2.87. The Labute approximate surface area is 135 Å². The van der Waals surface area contributed by atoms with E-state index in [9.17, 15) is 4.79 Å². The first-order valence-corrected chi connectivity index (χ1v) is 8.29. The highest BCUT2D eigenvalue weighted by atomic mass is 32.2. The zero-order chi connectivity index (χ0) is 15.6. The van der Waals surface area contributed by atoms with E-state index in [4.69, 9.17) is 0 Å². The number of thioether (sulfide) groups is 1.